The number of hydrogen-bond acceptors (Lipinski definition) is 3. The van der Waals surface area contributed by atoms with E-state index in [9.17, 15) is 4.79 Å². The van der Waals surface area contributed by atoms with Crippen LogP contribution in [-0.4, -0.2) is 28.6 Å². The molecule has 1 saturated carbocycles. The molecule has 1 heterocycles. The van der Waals surface area contributed by atoms with Crippen molar-refractivity contribution >= 4 is 12.0 Å². The summed E-state index contributed by atoms with van der Waals surface area (Å²) < 4.78 is 5.91. The van der Waals surface area contributed by atoms with Crippen LogP contribution in [0.5, 0.6) is 0 Å². The second kappa shape index (κ2) is 8.13. The summed E-state index contributed by atoms with van der Waals surface area (Å²) in [6, 6.07) is 0. The monoisotopic (exact) mass is 305 g/mol. The van der Waals surface area contributed by atoms with Gasteiger partial charge in [0.25, 0.3) is 0 Å². The van der Waals surface area contributed by atoms with Gasteiger partial charge in [-0.3, -0.25) is 4.79 Å². The summed E-state index contributed by atoms with van der Waals surface area (Å²) >= 11 is 0. The summed E-state index contributed by atoms with van der Waals surface area (Å²) in [5.41, 5.74) is 0.849. The summed E-state index contributed by atoms with van der Waals surface area (Å²) in [5, 5.41) is 2.72. The Labute approximate surface area is 132 Å². The van der Waals surface area contributed by atoms with Crippen LogP contribution in [0.1, 0.15) is 45.7 Å². The van der Waals surface area contributed by atoms with Gasteiger partial charge in [0, 0.05) is 6.20 Å². The molecule has 5 heteroatoms. The zero-order valence-electron chi connectivity index (χ0n) is 13.7. The maximum absolute atomic E-state index is 11.9. The number of aromatic amines is 1. The molecule has 1 fully saturated rings. The number of carbonyl (C=O) groups excluding carboxylic acids is 1. The van der Waals surface area contributed by atoms with Crippen LogP contribution in [0.2, 0.25) is 0 Å². The van der Waals surface area contributed by atoms with Crippen molar-refractivity contribution in [1.82, 2.24) is 15.3 Å². The van der Waals surface area contributed by atoms with E-state index in [1.807, 2.05) is 0 Å². The lowest BCUT2D eigenvalue weighted by Gasteiger charge is -2.37. The van der Waals surface area contributed by atoms with Gasteiger partial charge in [-0.1, -0.05) is 27.2 Å². The molecule has 0 radical (unpaired) electrons. The predicted molar refractivity (Wildman–Crippen MR) is 86.8 cm³/mol. The lowest BCUT2D eigenvalue weighted by atomic mass is 9.75. The van der Waals surface area contributed by atoms with Gasteiger partial charge in [-0.05, 0) is 36.7 Å². The van der Waals surface area contributed by atoms with Crippen LogP contribution < -0.4 is 5.32 Å². The summed E-state index contributed by atoms with van der Waals surface area (Å²) in [5.74, 6) is 1.73. The summed E-state index contributed by atoms with van der Waals surface area (Å²) in [6.07, 6.45) is 10.4. The van der Waals surface area contributed by atoms with Gasteiger partial charge >= 0.3 is 0 Å². The number of nitrogens with one attached hydrogen (secondary N) is 2. The average molecular weight is 305 g/mol. The van der Waals surface area contributed by atoms with Crippen LogP contribution in [0.3, 0.4) is 0 Å². The standard InChI is InChI=1S/C17H27N3O2/c1-12(2)15-5-4-13(3)8-16(15)22-10-17(21)19-7-6-14-9-18-11-20-14/h6-7,9,11-13,15-16H,4-5,8,10H2,1-3H3,(H,18,20)(H,19,21). The largest absolute Gasteiger partial charge is 0.368 e. The summed E-state index contributed by atoms with van der Waals surface area (Å²) in [4.78, 5) is 18.7. The molecule has 1 aromatic rings. The zero-order chi connectivity index (χ0) is 15.9. The van der Waals surface area contributed by atoms with Crippen molar-refractivity contribution in [3.05, 3.63) is 24.4 Å². The topological polar surface area (TPSA) is 67.0 Å². The first-order valence-corrected chi connectivity index (χ1v) is 8.12. The maximum Gasteiger partial charge on any atom is 0.249 e. The fourth-order valence-corrected chi connectivity index (χ4v) is 3.11. The minimum absolute atomic E-state index is 0.114. The van der Waals surface area contributed by atoms with Crippen LogP contribution in [0.4, 0.5) is 0 Å². The number of carbonyl (C=O) groups is 1. The van der Waals surface area contributed by atoms with Gasteiger partial charge in [0.1, 0.15) is 6.61 Å². The van der Waals surface area contributed by atoms with Gasteiger partial charge in [0.05, 0.1) is 24.3 Å². The Morgan fingerprint density at radius 3 is 3.05 bits per heavy atom. The van der Waals surface area contributed by atoms with E-state index in [2.05, 4.69) is 36.1 Å². The molecule has 0 bridgehead atoms. The Balaban J connectivity index is 1.76. The van der Waals surface area contributed by atoms with Crippen molar-refractivity contribution in [2.75, 3.05) is 6.61 Å². The van der Waals surface area contributed by atoms with Gasteiger partial charge in [0.2, 0.25) is 5.91 Å². The maximum atomic E-state index is 11.9. The number of imidazole rings is 1. The van der Waals surface area contributed by atoms with Crippen LogP contribution >= 0.6 is 0 Å². The first-order valence-electron chi connectivity index (χ1n) is 8.12. The molecule has 5 nitrogen and oxygen atoms in total. The molecular formula is C17H27N3O2. The third-order valence-corrected chi connectivity index (χ3v) is 4.42. The summed E-state index contributed by atoms with van der Waals surface area (Å²) in [7, 11) is 0. The molecule has 2 N–H and O–H groups in total. The minimum atomic E-state index is -0.114. The number of ether oxygens (including phenoxy) is 1. The highest BCUT2D eigenvalue weighted by atomic mass is 16.5. The van der Waals surface area contributed by atoms with E-state index in [1.54, 1.807) is 24.8 Å². The van der Waals surface area contributed by atoms with Crippen LogP contribution in [0, 0.1) is 17.8 Å². The Hall–Kier alpha value is -1.62. The Morgan fingerprint density at radius 1 is 1.55 bits per heavy atom. The van der Waals surface area contributed by atoms with Crippen LogP contribution in [-0.2, 0) is 9.53 Å². The molecule has 122 valence electrons. The molecule has 0 aliphatic heterocycles. The molecule has 22 heavy (non-hydrogen) atoms. The average Bonchev–Trinajstić information content (AvgIpc) is 2.98. The molecule has 0 saturated heterocycles. The van der Waals surface area contributed by atoms with Crippen molar-refractivity contribution < 1.29 is 9.53 Å². The Bertz CT molecular complexity index is 482. The number of rotatable bonds is 6. The van der Waals surface area contributed by atoms with Crippen molar-refractivity contribution in [3.8, 4) is 0 Å². The van der Waals surface area contributed by atoms with E-state index in [4.69, 9.17) is 4.74 Å². The normalized spacial score (nSPS) is 25.7. The van der Waals surface area contributed by atoms with Gasteiger partial charge in [-0.15, -0.1) is 0 Å². The highest BCUT2D eigenvalue weighted by molar-refractivity contribution is 5.78. The smallest absolute Gasteiger partial charge is 0.249 e. The highest BCUT2D eigenvalue weighted by Gasteiger charge is 2.31. The van der Waals surface area contributed by atoms with Gasteiger partial charge < -0.3 is 15.0 Å². The Kier molecular flexibility index (Phi) is 6.19. The number of H-pyrrole nitrogens is 1. The molecule has 1 aliphatic carbocycles. The molecule has 2 rings (SSSR count). The van der Waals surface area contributed by atoms with Crippen LogP contribution in [0.15, 0.2) is 18.7 Å². The highest BCUT2D eigenvalue weighted by Crippen LogP contribution is 2.35. The van der Waals surface area contributed by atoms with Gasteiger partial charge in [-0.2, -0.15) is 0 Å². The van der Waals surface area contributed by atoms with E-state index >= 15 is 0 Å². The second-order valence-electron chi connectivity index (χ2n) is 6.58. The second-order valence-corrected chi connectivity index (χ2v) is 6.58. The zero-order valence-corrected chi connectivity index (χ0v) is 13.7. The third-order valence-electron chi connectivity index (χ3n) is 4.42. The van der Waals surface area contributed by atoms with E-state index in [-0.39, 0.29) is 18.6 Å². The fraction of sp³-hybridized carbons (Fsp3) is 0.647. The van der Waals surface area contributed by atoms with Crippen molar-refractivity contribution in [3.63, 3.8) is 0 Å². The lowest BCUT2D eigenvalue weighted by Crippen LogP contribution is -2.36. The van der Waals surface area contributed by atoms with Crippen molar-refractivity contribution in [2.24, 2.45) is 17.8 Å². The fourth-order valence-electron chi connectivity index (χ4n) is 3.11. The Morgan fingerprint density at radius 2 is 2.36 bits per heavy atom. The lowest BCUT2D eigenvalue weighted by molar-refractivity contribution is -0.130. The first kappa shape index (κ1) is 16.7. The van der Waals surface area contributed by atoms with Gasteiger partial charge in [-0.25, -0.2) is 4.98 Å². The molecule has 3 atom stereocenters. The molecular weight excluding hydrogens is 278 g/mol. The van der Waals surface area contributed by atoms with E-state index < -0.39 is 0 Å². The number of hydrogen-bond donors (Lipinski definition) is 2. The SMILES string of the molecule is CC1CCC(C(C)C)C(OCC(=O)NC=Cc2cnc[nH]2)C1. The first-order chi connectivity index (χ1) is 10.6. The molecule has 1 aromatic heterocycles. The minimum Gasteiger partial charge on any atom is -0.368 e. The van der Waals surface area contributed by atoms with Gasteiger partial charge in [0.15, 0.2) is 0 Å². The molecule has 0 spiro atoms. The number of aromatic nitrogens is 2. The molecule has 0 aromatic carbocycles. The van der Waals surface area contributed by atoms with Crippen molar-refractivity contribution in [1.29, 1.82) is 0 Å². The number of amides is 1. The third kappa shape index (κ3) is 4.98. The van der Waals surface area contributed by atoms with Crippen LogP contribution in [0.25, 0.3) is 6.08 Å². The van der Waals surface area contributed by atoms with Crippen molar-refractivity contribution in [2.45, 2.75) is 46.1 Å². The molecule has 3 unspecified atom stereocenters. The van der Waals surface area contributed by atoms with E-state index in [1.165, 1.54) is 12.8 Å². The number of nitrogens with zero attached hydrogens (tertiary/aromatic N) is 1. The molecule has 1 aliphatic rings. The van der Waals surface area contributed by atoms with E-state index in [0.717, 1.165) is 12.1 Å². The predicted octanol–water partition coefficient (Wildman–Crippen LogP) is 2.97. The molecule has 1 amide bonds. The quantitative estimate of drug-likeness (QED) is 0.849. The van der Waals surface area contributed by atoms with E-state index in [0.29, 0.717) is 17.8 Å². The summed E-state index contributed by atoms with van der Waals surface area (Å²) in [6.45, 7) is 6.86.